The summed E-state index contributed by atoms with van der Waals surface area (Å²) in [5.74, 6) is 1.95. The second kappa shape index (κ2) is 5.48. The van der Waals surface area contributed by atoms with Crippen molar-refractivity contribution in [3.8, 4) is 0 Å². The van der Waals surface area contributed by atoms with Crippen molar-refractivity contribution in [1.29, 1.82) is 0 Å². The number of piperazine rings is 1. The third kappa shape index (κ3) is 2.30. The molecule has 0 aromatic heterocycles. The monoisotopic (exact) mass is 290 g/mol. The first-order valence-corrected chi connectivity index (χ1v) is 8.09. The van der Waals surface area contributed by atoms with E-state index in [2.05, 4.69) is 5.32 Å². The first-order chi connectivity index (χ1) is 9.68. The van der Waals surface area contributed by atoms with E-state index in [4.69, 9.17) is 0 Å². The Morgan fingerprint density at radius 3 is 2.65 bits per heavy atom. The van der Waals surface area contributed by atoms with Crippen LogP contribution in [0, 0.1) is 0 Å². The lowest BCUT2D eigenvalue weighted by atomic mass is 9.97. The molecule has 1 N–H and O–H groups in total. The van der Waals surface area contributed by atoms with Gasteiger partial charge in [0.2, 0.25) is 11.8 Å². The maximum absolute atomic E-state index is 12.5. The maximum Gasteiger partial charge on any atom is 0.248 e. The van der Waals surface area contributed by atoms with E-state index in [1.54, 1.807) is 6.92 Å². The summed E-state index contributed by atoms with van der Waals surface area (Å²) >= 11 is 1.85. The van der Waals surface area contributed by atoms with E-state index >= 15 is 0 Å². The molecule has 0 radical (unpaired) electrons. The molecule has 2 saturated heterocycles. The van der Waals surface area contributed by atoms with Crippen molar-refractivity contribution in [2.45, 2.75) is 31.5 Å². The third-order valence-corrected chi connectivity index (χ3v) is 5.07. The van der Waals surface area contributed by atoms with Crippen molar-refractivity contribution in [1.82, 2.24) is 10.2 Å². The molecule has 0 aliphatic carbocycles. The summed E-state index contributed by atoms with van der Waals surface area (Å²) in [6, 6.07) is 8.84. The highest BCUT2D eigenvalue weighted by Crippen LogP contribution is 2.33. The Bertz CT molecular complexity index is 514. The molecule has 0 bridgehead atoms. The fourth-order valence-electron chi connectivity index (χ4n) is 2.91. The summed E-state index contributed by atoms with van der Waals surface area (Å²) in [7, 11) is 0. The Balaban J connectivity index is 1.98. The van der Waals surface area contributed by atoms with Gasteiger partial charge < -0.3 is 10.2 Å². The molecule has 2 aliphatic heterocycles. The van der Waals surface area contributed by atoms with Gasteiger partial charge in [-0.2, -0.15) is 11.8 Å². The second-order valence-corrected chi connectivity index (χ2v) is 6.46. The molecule has 0 spiro atoms. The SMILES string of the molecule is CC1NC(=O)C(c2ccccc2)N(C2CCSC2)C1=O. The van der Waals surface area contributed by atoms with Gasteiger partial charge in [0.25, 0.3) is 0 Å². The summed E-state index contributed by atoms with van der Waals surface area (Å²) < 4.78 is 0. The number of nitrogens with zero attached hydrogens (tertiary/aromatic N) is 1. The average Bonchev–Trinajstić information content (AvgIpc) is 2.97. The molecule has 5 heteroatoms. The van der Waals surface area contributed by atoms with E-state index in [-0.39, 0.29) is 17.9 Å². The number of nitrogens with one attached hydrogen (secondary N) is 1. The summed E-state index contributed by atoms with van der Waals surface area (Å²) in [6.07, 6.45) is 0.972. The molecule has 3 atom stereocenters. The van der Waals surface area contributed by atoms with Gasteiger partial charge in [0.15, 0.2) is 0 Å². The molecule has 2 fully saturated rings. The predicted octanol–water partition coefficient (Wildman–Crippen LogP) is 1.58. The van der Waals surface area contributed by atoms with E-state index in [1.165, 1.54) is 0 Å². The number of amides is 2. The van der Waals surface area contributed by atoms with Crippen LogP contribution in [0.3, 0.4) is 0 Å². The van der Waals surface area contributed by atoms with E-state index in [9.17, 15) is 9.59 Å². The summed E-state index contributed by atoms with van der Waals surface area (Å²) in [6.45, 7) is 1.76. The van der Waals surface area contributed by atoms with Gasteiger partial charge in [0.05, 0.1) is 0 Å². The number of carbonyl (C=O) groups excluding carboxylic acids is 2. The average molecular weight is 290 g/mol. The number of rotatable bonds is 2. The number of carbonyl (C=O) groups is 2. The molecule has 2 aliphatic rings. The number of hydrogen-bond acceptors (Lipinski definition) is 3. The van der Waals surface area contributed by atoms with Crippen LogP contribution >= 0.6 is 11.8 Å². The Morgan fingerprint density at radius 2 is 2.00 bits per heavy atom. The highest BCUT2D eigenvalue weighted by molar-refractivity contribution is 7.99. The lowest BCUT2D eigenvalue weighted by Crippen LogP contribution is -2.61. The van der Waals surface area contributed by atoms with E-state index < -0.39 is 12.1 Å². The summed E-state index contributed by atoms with van der Waals surface area (Å²) in [4.78, 5) is 26.8. The zero-order valence-electron chi connectivity index (χ0n) is 11.4. The zero-order chi connectivity index (χ0) is 14.1. The molecule has 1 aromatic rings. The molecule has 3 unspecified atom stereocenters. The number of hydrogen-bond donors (Lipinski definition) is 1. The molecule has 20 heavy (non-hydrogen) atoms. The minimum absolute atomic E-state index is 0.0333. The van der Waals surface area contributed by atoms with Gasteiger partial charge in [-0.3, -0.25) is 9.59 Å². The molecule has 2 amide bonds. The van der Waals surface area contributed by atoms with Crippen molar-refractivity contribution >= 4 is 23.6 Å². The first kappa shape index (κ1) is 13.5. The number of thioether (sulfide) groups is 1. The minimum Gasteiger partial charge on any atom is -0.342 e. The van der Waals surface area contributed by atoms with Crippen molar-refractivity contribution in [2.75, 3.05) is 11.5 Å². The molecular weight excluding hydrogens is 272 g/mol. The lowest BCUT2D eigenvalue weighted by molar-refractivity contribution is -0.151. The van der Waals surface area contributed by atoms with Crippen molar-refractivity contribution in [3.05, 3.63) is 35.9 Å². The maximum atomic E-state index is 12.5. The molecule has 3 rings (SSSR count). The highest BCUT2D eigenvalue weighted by atomic mass is 32.2. The van der Waals surface area contributed by atoms with Crippen LogP contribution in [-0.2, 0) is 9.59 Å². The standard InChI is InChI=1S/C15H18N2O2S/c1-10-15(19)17(12-7-8-20-9-12)13(14(18)16-10)11-5-3-2-4-6-11/h2-6,10,12-13H,7-9H2,1H3,(H,16,18). The van der Waals surface area contributed by atoms with Crippen LogP contribution < -0.4 is 5.32 Å². The summed E-state index contributed by atoms with van der Waals surface area (Å²) in [5, 5.41) is 2.79. The van der Waals surface area contributed by atoms with Gasteiger partial charge in [-0.25, -0.2) is 0 Å². The van der Waals surface area contributed by atoms with Crippen LogP contribution in [-0.4, -0.2) is 40.3 Å². The van der Waals surface area contributed by atoms with Crippen LogP contribution in [0.1, 0.15) is 24.9 Å². The molecule has 1 aromatic carbocycles. The predicted molar refractivity (Wildman–Crippen MR) is 79.4 cm³/mol. The minimum atomic E-state index is -0.483. The van der Waals surface area contributed by atoms with E-state index in [1.807, 2.05) is 47.0 Å². The smallest absolute Gasteiger partial charge is 0.248 e. The quantitative estimate of drug-likeness (QED) is 0.899. The van der Waals surface area contributed by atoms with Crippen LogP contribution in [0.25, 0.3) is 0 Å². The van der Waals surface area contributed by atoms with Crippen molar-refractivity contribution < 1.29 is 9.59 Å². The van der Waals surface area contributed by atoms with E-state index in [0.717, 1.165) is 23.5 Å². The topological polar surface area (TPSA) is 49.4 Å². The Morgan fingerprint density at radius 1 is 1.25 bits per heavy atom. The van der Waals surface area contributed by atoms with Crippen LogP contribution in [0.2, 0.25) is 0 Å². The van der Waals surface area contributed by atoms with Gasteiger partial charge in [0.1, 0.15) is 12.1 Å². The first-order valence-electron chi connectivity index (χ1n) is 6.93. The van der Waals surface area contributed by atoms with E-state index in [0.29, 0.717) is 0 Å². The van der Waals surface area contributed by atoms with Crippen molar-refractivity contribution in [2.24, 2.45) is 0 Å². The Kier molecular flexibility index (Phi) is 3.70. The normalized spacial score (nSPS) is 30.4. The van der Waals surface area contributed by atoms with Gasteiger partial charge in [-0.1, -0.05) is 30.3 Å². The van der Waals surface area contributed by atoms with Gasteiger partial charge in [-0.15, -0.1) is 0 Å². The van der Waals surface area contributed by atoms with Crippen molar-refractivity contribution in [3.63, 3.8) is 0 Å². The lowest BCUT2D eigenvalue weighted by Gasteiger charge is -2.41. The number of benzene rings is 1. The molecule has 106 valence electrons. The van der Waals surface area contributed by atoms with Gasteiger partial charge in [-0.05, 0) is 24.7 Å². The molecule has 4 nitrogen and oxygen atoms in total. The van der Waals surface area contributed by atoms with Gasteiger partial charge >= 0.3 is 0 Å². The van der Waals surface area contributed by atoms with Crippen LogP contribution in [0.15, 0.2) is 30.3 Å². The second-order valence-electron chi connectivity index (χ2n) is 5.31. The largest absolute Gasteiger partial charge is 0.342 e. The zero-order valence-corrected chi connectivity index (χ0v) is 12.2. The summed E-state index contributed by atoms with van der Waals surface area (Å²) in [5.41, 5.74) is 0.891. The fraction of sp³-hybridized carbons (Fsp3) is 0.467. The highest BCUT2D eigenvalue weighted by Gasteiger charge is 2.43. The fourth-order valence-corrected chi connectivity index (χ4v) is 4.12. The Hall–Kier alpha value is -1.49. The molecule has 0 saturated carbocycles. The van der Waals surface area contributed by atoms with Crippen LogP contribution in [0.5, 0.6) is 0 Å². The van der Waals surface area contributed by atoms with Gasteiger partial charge in [0, 0.05) is 11.8 Å². The van der Waals surface area contributed by atoms with Crippen LogP contribution in [0.4, 0.5) is 0 Å². The molecule has 2 heterocycles. The molecular formula is C15H18N2O2S. The Labute approximate surface area is 122 Å². The third-order valence-electron chi connectivity index (χ3n) is 3.92.